The maximum absolute atomic E-state index is 13.2. The van der Waals surface area contributed by atoms with E-state index >= 15 is 0 Å². The third-order valence-corrected chi connectivity index (χ3v) is 4.75. The average Bonchev–Trinajstić information content (AvgIpc) is 3.08. The summed E-state index contributed by atoms with van der Waals surface area (Å²) in [7, 11) is 0. The Morgan fingerprint density at radius 2 is 2.00 bits per heavy atom. The van der Waals surface area contributed by atoms with Crippen LogP contribution >= 0.6 is 15.9 Å². The normalized spacial score (nSPS) is 10.7. The van der Waals surface area contributed by atoms with Gasteiger partial charge in [0.2, 0.25) is 0 Å². The zero-order valence-corrected chi connectivity index (χ0v) is 16.6. The molecule has 1 amide bonds. The highest BCUT2D eigenvalue weighted by Gasteiger charge is 2.19. The minimum atomic E-state index is -0.372. The van der Waals surface area contributed by atoms with Crippen LogP contribution in [0.15, 0.2) is 53.1 Å². The summed E-state index contributed by atoms with van der Waals surface area (Å²) in [4.78, 5) is 12.8. The molecule has 0 spiro atoms. The number of aromatic nitrogens is 2. The molecule has 0 saturated carbocycles. The van der Waals surface area contributed by atoms with Gasteiger partial charge in [-0.05, 0) is 61.4 Å². The molecule has 1 N–H and O–H groups in total. The summed E-state index contributed by atoms with van der Waals surface area (Å²) in [5.41, 5.74) is 2.48. The molecule has 5 nitrogen and oxygen atoms in total. The van der Waals surface area contributed by atoms with Crippen LogP contribution in [0.3, 0.4) is 0 Å². The first kappa shape index (κ1) is 19.1. The number of anilines is 1. The van der Waals surface area contributed by atoms with Gasteiger partial charge in [-0.15, -0.1) is 0 Å². The Morgan fingerprint density at radius 1 is 1.26 bits per heavy atom. The molecule has 0 fully saturated rings. The second-order valence-electron chi connectivity index (χ2n) is 6.03. The van der Waals surface area contributed by atoms with Crippen LogP contribution in [-0.4, -0.2) is 22.3 Å². The number of ether oxygens (including phenoxy) is 1. The summed E-state index contributed by atoms with van der Waals surface area (Å²) < 4.78 is 21.3. The van der Waals surface area contributed by atoms with Gasteiger partial charge in [-0.1, -0.05) is 22.9 Å². The molecule has 0 radical (unpaired) electrons. The second kappa shape index (κ2) is 8.35. The third-order valence-electron chi connectivity index (χ3n) is 3.86. The number of amides is 1. The molecule has 1 aromatic heterocycles. The van der Waals surface area contributed by atoms with Crippen molar-refractivity contribution in [3.8, 4) is 11.4 Å². The number of hydrogen-bond acceptors (Lipinski definition) is 3. The first-order valence-electron chi connectivity index (χ1n) is 8.54. The number of halogens is 2. The molecular formula is C20H19BrFN3O2. The molecule has 0 aliphatic rings. The van der Waals surface area contributed by atoms with E-state index in [1.54, 1.807) is 24.4 Å². The summed E-state index contributed by atoms with van der Waals surface area (Å²) in [6.07, 6.45) is 2.43. The molecule has 7 heteroatoms. The molecule has 0 aliphatic carbocycles. The van der Waals surface area contributed by atoms with Gasteiger partial charge < -0.3 is 10.1 Å². The molecule has 0 saturated heterocycles. The molecule has 2 aromatic carbocycles. The van der Waals surface area contributed by atoms with Gasteiger partial charge in [-0.2, -0.15) is 5.10 Å². The Balaban J connectivity index is 1.90. The van der Waals surface area contributed by atoms with Crippen molar-refractivity contribution in [2.75, 3.05) is 11.9 Å². The van der Waals surface area contributed by atoms with E-state index in [1.165, 1.54) is 16.8 Å². The van der Waals surface area contributed by atoms with Crippen LogP contribution in [0.2, 0.25) is 0 Å². The molecule has 0 unspecified atom stereocenters. The van der Waals surface area contributed by atoms with Crippen molar-refractivity contribution in [1.82, 2.24) is 9.78 Å². The predicted octanol–water partition coefficient (Wildman–Crippen LogP) is 5.12. The van der Waals surface area contributed by atoms with Crippen molar-refractivity contribution >= 4 is 27.5 Å². The Labute approximate surface area is 165 Å². The molecule has 3 aromatic rings. The molecule has 3 rings (SSSR count). The lowest BCUT2D eigenvalue weighted by atomic mass is 10.2. The molecule has 140 valence electrons. The summed E-state index contributed by atoms with van der Waals surface area (Å²) in [6, 6.07) is 11.4. The lowest BCUT2D eigenvalue weighted by Gasteiger charge is -2.07. The summed E-state index contributed by atoms with van der Waals surface area (Å²) in [6.45, 7) is 4.39. The smallest absolute Gasteiger partial charge is 0.280 e. The average molecular weight is 432 g/mol. The zero-order chi connectivity index (χ0) is 19.4. The van der Waals surface area contributed by atoms with E-state index in [4.69, 9.17) is 4.74 Å². The topological polar surface area (TPSA) is 56.2 Å². The zero-order valence-electron chi connectivity index (χ0n) is 15.0. The lowest BCUT2D eigenvalue weighted by molar-refractivity contribution is 0.101. The Bertz CT molecular complexity index is 954. The van der Waals surface area contributed by atoms with Gasteiger partial charge in [0, 0.05) is 10.2 Å². The Kier molecular flexibility index (Phi) is 5.91. The summed E-state index contributed by atoms with van der Waals surface area (Å²) >= 11 is 3.44. The van der Waals surface area contributed by atoms with Gasteiger partial charge in [-0.25, -0.2) is 9.07 Å². The van der Waals surface area contributed by atoms with E-state index in [2.05, 4.69) is 26.3 Å². The van der Waals surface area contributed by atoms with Crippen LogP contribution in [0.25, 0.3) is 5.69 Å². The van der Waals surface area contributed by atoms with E-state index in [-0.39, 0.29) is 17.4 Å². The van der Waals surface area contributed by atoms with Crippen molar-refractivity contribution in [3.63, 3.8) is 0 Å². The molecule has 27 heavy (non-hydrogen) atoms. The quantitative estimate of drug-likeness (QED) is 0.588. The monoisotopic (exact) mass is 431 g/mol. The second-order valence-corrected chi connectivity index (χ2v) is 6.88. The van der Waals surface area contributed by atoms with Crippen molar-refractivity contribution in [2.24, 2.45) is 0 Å². The van der Waals surface area contributed by atoms with Crippen LogP contribution in [0, 0.1) is 12.7 Å². The number of aryl methyl sites for hydroxylation is 1. The van der Waals surface area contributed by atoms with Crippen LogP contribution < -0.4 is 10.1 Å². The van der Waals surface area contributed by atoms with Crippen LogP contribution in [-0.2, 0) is 0 Å². The fraction of sp³-hybridized carbons (Fsp3) is 0.200. The molecule has 0 atom stereocenters. The minimum Gasteiger partial charge on any atom is -0.489 e. The van der Waals surface area contributed by atoms with Crippen LogP contribution in [0.5, 0.6) is 5.75 Å². The number of rotatable bonds is 6. The number of carbonyl (C=O) groups is 1. The fourth-order valence-electron chi connectivity index (χ4n) is 2.47. The number of carbonyl (C=O) groups excluding carboxylic acids is 1. The maximum atomic E-state index is 13.2. The van der Waals surface area contributed by atoms with Crippen LogP contribution in [0.4, 0.5) is 10.1 Å². The third kappa shape index (κ3) is 4.54. The molecule has 0 aliphatic heterocycles. The SMILES string of the molecule is CCCOc1cn(-c2ccc(F)cc2)nc1C(=O)Nc1ccc(Br)c(C)c1. The highest BCUT2D eigenvalue weighted by molar-refractivity contribution is 9.10. The number of benzene rings is 2. The van der Waals surface area contributed by atoms with Gasteiger partial charge in [0.05, 0.1) is 18.5 Å². The number of hydrogen-bond donors (Lipinski definition) is 1. The highest BCUT2D eigenvalue weighted by atomic mass is 79.9. The maximum Gasteiger partial charge on any atom is 0.280 e. The van der Waals surface area contributed by atoms with Gasteiger partial charge in [0.25, 0.3) is 5.91 Å². The van der Waals surface area contributed by atoms with Gasteiger partial charge in [0.15, 0.2) is 11.4 Å². The number of nitrogens with zero attached hydrogens (tertiary/aromatic N) is 2. The van der Waals surface area contributed by atoms with Crippen molar-refractivity contribution < 1.29 is 13.9 Å². The van der Waals surface area contributed by atoms with Crippen LogP contribution in [0.1, 0.15) is 29.4 Å². The van der Waals surface area contributed by atoms with E-state index < -0.39 is 0 Å². The largest absolute Gasteiger partial charge is 0.489 e. The molecule has 1 heterocycles. The molecule has 0 bridgehead atoms. The van der Waals surface area contributed by atoms with Crippen molar-refractivity contribution in [3.05, 3.63) is 70.2 Å². The van der Waals surface area contributed by atoms with E-state index in [0.29, 0.717) is 23.7 Å². The minimum absolute atomic E-state index is 0.174. The first-order chi connectivity index (χ1) is 13.0. The standard InChI is InChI=1S/C20H19BrFN3O2/c1-3-10-27-18-12-25(16-7-4-14(22)5-8-16)24-19(18)20(26)23-15-6-9-17(21)13(2)11-15/h4-9,11-12H,3,10H2,1-2H3,(H,23,26). The summed E-state index contributed by atoms with van der Waals surface area (Å²) in [5.74, 6) is -0.326. The van der Waals surface area contributed by atoms with Crippen molar-refractivity contribution in [2.45, 2.75) is 20.3 Å². The first-order valence-corrected chi connectivity index (χ1v) is 9.33. The van der Waals surface area contributed by atoms with E-state index in [0.717, 1.165) is 16.5 Å². The van der Waals surface area contributed by atoms with Gasteiger partial charge >= 0.3 is 0 Å². The highest BCUT2D eigenvalue weighted by Crippen LogP contribution is 2.24. The van der Waals surface area contributed by atoms with Crippen molar-refractivity contribution in [1.29, 1.82) is 0 Å². The fourth-order valence-corrected chi connectivity index (χ4v) is 2.72. The van der Waals surface area contributed by atoms with E-state index in [1.807, 2.05) is 26.0 Å². The Morgan fingerprint density at radius 3 is 2.67 bits per heavy atom. The predicted molar refractivity (Wildman–Crippen MR) is 106 cm³/mol. The Hall–Kier alpha value is -2.67. The summed E-state index contributed by atoms with van der Waals surface area (Å²) in [5, 5.41) is 7.19. The van der Waals surface area contributed by atoms with Gasteiger partial charge in [0.1, 0.15) is 5.82 Å². The number of nitrogens with one attached hydrogen (secondary N) is 1. The molecular weight excluding hydrogens is 413 g/mol. The van der Waals surface area contributed by atoms with Gasteiger partial charge in [-0.3, -0.25) is 4.79 Å². The van der Waals surface area contributed by atoms with E-state index in [9.17, 15) is 9.18 Å². The lowest BCUT2D eigenvalue weighted by Crippen LogP contribution is -2.14.